The molecular formula is C25H31Cl2F2N3O4S. The van der Waals surface area contributed by atoms with Crippen molar-refractivity contribution >= 4 is 50.7 Å². The van der Waals surface area contributed by atoms with Crippen LogP contribution in [0.3, 0.4) is 0 Å². The first kappa shape index (κ1) is 30.8. The van der Waals surface area contributed by atoms with Crippen LogP contribution in [0.2, 0.25) is 10.0 Å². The zero-order chi connectivity index (χ0) is 28.1. The maximum absolute atomic E-state index is 13.7. The topological polar surface area (TPSA) is 86.8 Å². The lowest BCUT2D eigenvalue weighted by molar-refractivity contribution is -0.141. The van der Waals surface area contributed by atoms with Gasteiger partial charge in [0, 0.05) is 31.1 Å². The van der Waals surface area contributed by atoms with E-state index in [1.807, 2.05) is 20.8 Å². The first-order chi connectivity index (χ1) is 17.0. The molecule has 204 valence electrons. The molecule has 0 aromatic heterocycles. The molecule has 0 aliphatic heterocycles. The van der Waals surface area contributed by atoms with E-state index in [0.29, 0.717) is 15.6 Å². The fraction of sp³-hybridized carbons (Fsp3) is 0.440. The van der Waals surface area contributed by atoms with Gasteiger partial charge >= 0.3 is 0 Å². The molecule has 0 bridgehead atoms. The molecule has 0 radical (unpaired) electrons. The fourth-order valence-electron chi connectivity index (χ4n) is 3.54. The lowest BCUT2D eigenvalue weighted by Gasteiger charge is -2.32. The van der Waals surface area contributed by atoms with Crippen LogP contribution in [-0.2, 0) is 26.2 Å². The van der Waals surface area contributed by atoms with E-state index in [0.717, 1.165) is 28.8 Å². The van der Waals surface area contributed by atoms with Gasteiger partial charge in [0.15, 0.2) is 11.6 Å². The van der Waals surface area contributed by atoms with E-state index in [4.69, 9.17) is 23.2 Å². The molecule has 2 rings (SSSR count). The third-order valence-electron chi connectivity index (χ3n) is 5.35. The number of hydrogen-bond donors (Lipinski definition) is 1. The minimum Gasteiger partial charge on any atom is -0.350 e. The molecule has 1 N–H and O–H groups in total. The first-order valence-electron chi connectivity index (χ1n) is 11.5. The minimum atomic E-state index is -3.85. The Bertz CT molecular complexity index is 1250. The molecule has 0 heterocycles. The van der Waals surface area contributed by atoms with Gasteiger partial charge in [0.25, 0.3) is 0 Å². The van der Waals surface area contributed by atoms with Crippen LogP contribution in [0, 0.1) is 11.6 Å². The molecule has 0 saturated heterocycles. The molecule has 2 aromatic carbocycles. The summed E-state index contributed by atoms with van der Waals surface area (Å²) >= 11 is 12.1. The third kappa shape index (κ3) is 9.12. The van der Waals surface area contributed by atoms with Crippen molar-refractivity contribution in [3.63, 3.8) is 0 Å². The van der Waals surface area contributed by atoms with E-state index in [1.54, 1.807) is 25.1 Å². The number of anilines is 1. The normalized spacial score (nSPS) is 12.7. The van der Waals surface area contributed by atoms with Crippen LogP contribution in [0.25, 0.3) is 0 Å². The lowest BCUT2D eigenvalue weighted by Crippen LogP contribution is -2.52. The van der Waals surface area contributed by atoms with Gasteiger partial charge in [0.05, 0.1) is 22.0 Å². The van der Waals surface area contributed by atoms with Gasteiger partial charge < -0.3 is 10.2 Å². The average Bonchev–Trinajstić information content (AvgIpc) is 2.76. The number of amides is 2. The standard InChI is InChI=1S/C25H31Cl2F2N3O4S/c1-16(24(34)30-25(2,3)4)31(15-17-8-10-19(26)20(27)13-17)23(33)7-6-12-32(37(5,35)36)18-9-11-21(28)22(29)14-18/h8-11,13-14,16H,6-7,12,15H2,1-5H3,(H,30,34). The van der Waals surface area contributed by atoms with Crippen LogP contribution in [0.15, 0.2) is 36.4 Å². The SMILES string of the molecule is CC(C(=O)NC(C)(C)C)N(Cc1ccc(Cl)c(Cl)c1)C(=O)CCCN(c1ccc(F)c(F)c1)S(C)(=O)=O. The molecule has 2 aromatic rings. The molecule has 7 nitrogen and oxygen atoms in total. The number of hydrogen-bond acceptors (Lipinski definition) is 4. The average molecular weight is 579 g/mol. The molecular weight excluding hydrogens is 547 g/mol. The van der Waals surface area contributed by atoms with Crippen molar-refractivity contribution < 1.29 is 26.8 Å². The highest BCUT2D eigenvalue weighted by Gasteiger charge is 2.29. The highest BCUT2D eigenvalue weighted by atomic mass is 35.5. The Kier molecular flexibility index (Phi) is 10.3. The zero-order valence-electron chi connectivity index (χ0n) is 21.3. The van der Waals surface area contributed by atoms with Gasteiger partial charge in [-0.05, 0) is 63.9 Å². The number of halogens is 4. The summed E-state index contributed by atoms with van der Waals surface area (Å²) in [5, 5.41) is 3.50. The maximum Gasteiger partial charge on any atom is 0.242 e. The monoisotopic (exact) mass is 577 g/mol. The molecule has 1 unspecified atom stereocenters. The Labute approximate surface area is 226 Å². The number of benzene rings is 2. The number of rotatable bonds is 10. The van der Waals surface area contributed by atoms with Crippen LogP contribution < -0.4 is 9.62 Å². The van der Waals surface area contributed by atoms with E-state index >= 15 is 0 Å². The molecule has 0 aliphatic carbocycles. The summed E-state index contributed by atoms with van der Waals surface area (Å²) in [4.78, 5) is 27.5. The van der Waals surface area contributed by atoms with Crippen molar-refractivity contribution in [2.24, 2.45) is 0 Å². The summed E-state index contributed by atoms with van der Waals surface area (Å²) < 4.78 is 52.6. The molecule has 37 heavy (non-hydrogen) atoms. The Morgan fingerprint density at radius 2 is 1.68 bits per heavy atom. The first-order valence-corrected chi connectivity index (χ1v) is 14.1. The van der Waals surface area contributed by atoms with E-state index in [9.17, 15) is 26.8 Å². The van der Waals surface area contributed by atoms with Crippen LogP contribution in [0.5, 0.6) is 0 Å². The van der Waals surface area contributed by atoms with Gasteiger partial charge in [-0.2, -0.15) is 0 Å². The highest BCUT2D eigenvalue weighted by molar-refractivity contribution is 7.92. The summed E-state index contributed by atoms with van der Waals surface area (Å²) in [6.45, 7) is 6.97. The van der Waals surface area contributed by atoms with Crippen molar-refractivity contribution in [1.82, 2.24) is 10.2 Å². The summed E-state index contributed by atoms with van der Waals surface area (Å²) in [7, 11) is -3.85. The highest BCUT2D eigenvalue weighted by Crippen LogP contribution is 2.25. The van der Waals surface area contributed by atoms with Crippen molar-refractivity contribution in [2.75, 3.05) is 17.1 Å². The predicted molar refractivity (Wildman–Crippen MR) is 142 cm³/mol. The summed E-state index contributed by atoms with van der Waals surface area (Å²) in [5.41, 5.74) is 0.0708. The molecule has 0 spiro atoms. The maximum atomic E-state index is 13.7. The van der Waals surface area contributed by atoms with Gasteiger partial charge in [-0.15, -0.1) is 0 Å². The van der Waals surface area contributed by atoms with Crippen molar-refractivity contribution in [3.8, 4) is 0 Å². The number of carbonyl (C=O) groups excluding carboxylic acids is 2. The quantitative estimate of drug-likeness (QED) is 0.423. The van der Waals surface area contributed by atoms with Gasteiger partial charge in [0.2, 0.25) is 21.8 Å². The van der Waals surface area contributed by atoms with Crippen molar-refractivity contribution in [3.05, 3.63) is 63.6 Å². The number of nitrogens with one attached hydrogen (secondary N) is 1. The van der Waals surface area contributed by atoms with Gasteiger partial charge in [-0.25, -0.2) is 17.2 Å². The summed E-state index contributed by atoms with van der Waals surface area (Å²) in [6.07, 6.45) is 0.895. The molecule has 12 heteroatoms. The van der Waals surface area contributed by atoms with E-state index in [2.05, 4.69) is 5.32 Å². The second kappa shape index (κ2) is 12.4. The smallest absolute Gasteiger partial charge is 0.242 e. The van der Waals surface area contributed by atoms with Crippen LogP contribution in [0.1, 0.15) is 46.1 Å². The van der Waals surface area contributed by atoms with Crippen LogP contribution in [-0.4, -0.2) is 49.5 Å². The third-order valence-corrected chi connectivity index (χ3v) is 7.28. The molecule has 0 fully saturated rings. The minimum absolute atomic E-state index is 0.0561. The van der Waals surface area contributed by atoms with Gasteiger partial charge in [-0.1, -0.05) is 29.3 Å². The number of carbonyl (C=O) groups is 2. The number of nitrogens with zero attached hydrogens (tertiary/aromatic N) is 2. The lowest BCUT2D eigenvalue weighted by atomic mass is 10.1. The molecule has 0 saturated carbocycles. The molecule has 1 atom stereocenters. The summed E-state index contributed by atoms with van der Waals surface area (Å²) in [6, 6.07) is 6.81. The van der Waals surface area contributed by atoms with Crippen molar-refractivity contribution in [1.29, 1.82) is 0 Å². The second-order valence-corrected chi connectivity index (χ2v) is 12.4. The van der Waals surface area contributed by atoms with E-state index in [1.165, 1.54) is 4.90 Å². The second-order valence-electron chi connectivity index (χ2n) is 9.72. The Morgan fingerprint density at radius 3 is 2.22 bits per heavy atom. The molecule has 2 amide bonds. The number of sulfonamides is 1. The van der Waals surface area contributed by atoms with Gasteiger partial charge in [0.1, 0.15) is 6.04 Å². The molecule has 0 aliphatic rings. The fourth-order valence-corrected chi connectivity index (χ4v) is 4.81. The van der Waals surface area contributed by atoms with Crippen LogP contribution >= 0.6 is 23.2 Å². The Morgan fingerprint density at radius 1 is 1.03 bits per heavy atom. The van der Waals surface area contributed by atoms with E-state index in [-0.39, 0.29) is 37.5 Å². The van der Waals surface area contributed by atoms with Gasteiger partial charge in [-0.3, -0.25) is 13.9 Å². The van der Waals surface area contributed by atoms with Crippen LogP contribution in [0.4, 0.5) is 14.5 Å². The Hall–Kier alpha value is -2.43. The van der Waals surface area contributed by atoms with E-state index < -0.39 is 39.1 Å². The van der Waals surface area contributed by atoms with Crippen molar-refractivity contribution in [2.45, 2.75) is 58.7 Å². The Balaban J connectivity index is 2.23. The summed E-state index contributed by atoms with van der Waals surface area (Å²) in [5.74, 6) is -3.05. The largest absolute Gasteiger partial charge is 0.350 e. The predicted octanol–water partition coefficient (Wildman–Crippen LogP) is 5.15. The zero-order valence-corrected chi connectivity index (χ0v) is 23.6.